The van der Waals surface area contributed by atoms with Gasteiger partial charge < -0.3 is 14.6 Å². The topological polar surface area (TPSA) is 42.0 Å². The number of aliphatic hydroxyl groups is 1. The van der Waals surface area contributed by atoms with Gasteiger partial charge in [-0.2, -0.15) is 0 Å². The highest BCUT2D eigenvalue weighted by atomic mass is 16.6. The summed E-state index contributed by atoms with van der Waals surface area (Å²) in [6.07, 6.45) is 11.1. The first-order chi connectivity index (χ1) is 15.8. The summed E-state index contributed by atoms with van der Waals surface area (Å²) >= 11 is 0. The van der Waals surface area contributed by atoms with Gasteiger partial charge in [-0.05, 0) is 30.5 Å². The van der Waals surface area contributed by atoms with Crippen LogP contribution < -0.4 is 0 Å². The molecule has 0 spiro atoms. The number of aliphatic hydroxyl groups excluding tert-OH is 1. The van der Waals surface area contributed by atoms with Crippen LogP contribution in [0.15, 0.2) is 60.7 Å². The van der Waals surface area contributed by atoms with E-state index in [4.69, 9.17) is 9.47 Å². The van der Waals surface area contributed by atoms with Crippen LogP contribution >= 0.6 is 0 Å². The number of unbranched alkanes of at least 4 members (excludes halogenated alkanes) is 5. The molecule has 1 heterocycles. The van der Waals surface area contributed by atoms with Crippen LogP contribution in [0.2, 0.25) is 0 Å². The second-order valence-electron chi connectivity index (χ2n) is 8.83. The molecule has 3 nitrogen and oxygen atoms in total. The van der Waals surface area contributed by atoms with Crippen molar-refractivity contribution in [3.8, 4) is 11.8 Å². The van der Waals surface area contributed by atoms with Crippen LogP contribution in [0.25, 0.3) is 0 Å². The van der Waals surface area contributed by atoms with Crippen molar-refractivity contribution in [3.05, 3.63) is 71.8 Å². The largest absolute Gasteiger partial charge is 0.392 e. The van der Waals surface area contributed by atoms with Gasteiger partial charge >= 0.3 is 0 Å². The van der Waals surface area contributed by atoms with Gasteiger partial charge in [-0.25, -0.2) is 0 Å². The lowest BCUT2D eigenvalue weighted by Crippen LogP contribution is -2.21. The van der Waals surface area contributed by atoms with E-state index in [0.717, 1.165) is 25.0 Å². The Labute approximate surface area is 194 Å². The van der Waals surface area contributed by atoms with Crippen LogP contribution in [-0.4, -0.2) is 30.0 Å². The molecule has 172 valence electrons. The molecular weight excluding hydrogens is 396 g/mol. The highest BCUT2D eigenvalue weighted by Crippen LogP contribution is 2.20. The van der Waals surface area contributed by atoms with Crippen molar-refractivity contribution in [2.75, 3.05) is 6.61 Å². The van der Waals surface area contributed by atoms with Crippen LogP contribution in [-0.2, 0) is 16.1 Å². The lowest BCUT2D eigenvalue weighted by atomic mass is 10.0. The molecule has 3 unspecified atom stereocenters. The van der Waals surface area contributed by atoms with Gasteiger partial charge in [0.25, 0.3) is 0 Å². The molecule has 32 heavy (non-hydrogen) atoms. The van der Waals surface area contributed by atoms with Gasteiger partial charge in [0.2, 0.25) is 0 Å². The molecule has 3 rings (SSSR count). The van der Waals surface area contributed by atoms with Crippen LogP contribution in [0.4, 0.5) is 0 Å². The lowest BCUT2D eigenvalue weighted by molar-refractivity contribution is -0.000796. The van der Waals surface area contributed by atoms with Crippen molar-refractivity contribution in [1.29, 1.82) is 0 Å². The Morgan fingerprint density at radius 3 is 2.28 bits per heavy atom. The molecule has 1 fully saturated rings. The Hall–Kier alpha value is -2.12. The van der Waals surface area contributed by atoms with Crippen LogP contribution in [0.1, 0.15) is 75.3 Å². The van der Waals surface area contributed by atoms with Gasteiger partial charge in [-0.3, -0.25) is 0 Å². The Morgan fingerprint density at radius 1 is 0.906 bits per heavy atom. The molecule has 3 heteroatoms. The van der Waals surface area contributed by atoms with Gasteiger partial charge in [0.05, 0.1) is 31.5 Å². The Morgan fingerprint density at radius 2 is 1.56 bits per heavy atom. The third-order valence-corrected chi connectivity index (χ3v) is 5.91. The van der Waals surface area contributed by atoms with E-state index in [2.05, 4.69) is 24.0 Å². The lowest BCUT2D eigenvalue weighted by Gasteiger charge is -2.20. The smallest absolute Gasteiger partial charge is 0.0810 e. The van der Waals surface area contributed by atoms with Gasteiger partial charge in [-0.15, -0.1) is 0 Å². The predicted molar refractivity (Wildman–Crippen MR) is 130 cm³/mol. The first-order valence-corrected chi connectivity index (χ1v) is 12.3. The molecule has 0 amide bonds. The van der Waals surface area contributed by atoms with Gasteiger partial charge in [0.1, 0.15) is 0 Å². The van der Waals surface area contributed by atoms with Crippen LogP contribution in [0.3, 0.4) is 0 Å². The SMILES string of the molecule is OC(CC#Cc1ccccc1)CC(CCCCCCCCC1CO1)OCc1ccccc1. The molecule has 2 aromatic carbocycles. The maximum absolute atomic E-state index is 10.6. The minimum Gasteiger partial charge on any atom is -0.392 e. The summed E-state index contributed by atoms with van der Waals surface area (Å²) in [4.78, 5) is 0. The number of ether oxygens (including phenoxy) is 2. The average molecular weight is 435 g/mol. The van der Waals surface area contributed by atoms with E-state index < -0.39 is 6.10 Å². The fourth-order valence-electron chi connectivity index (χ4n) is 3.92. The minimum absolute atomic E-state index is 0.0655. The van der Waals surface area contributed by atoms with E-state index in [-0.39, 0.29) is 6.10 Å². The molecule has 2 aromatic rings. The molecule has 1 saturated heterocycles. The standard InChI is InChI=1S/C29H38O3/c30-27(19-13-18-25-14-7-5-8-15-25)22-28(31-23-26-16-9-6-10-17-26)20-11-3-1-2-4-12-21-29-24-32-29/h5-10,14-17,27-30H,1-4,11-12,19-24H2. The molecular formula is C29H38O3. The van der Waals surface area contributed by atoms with Gasteiger partial charge in [0, 0.05) is 18.4 Å². The molecule has 0 bridgehead atoms. The number of epoxide rings is 1. The summed E-state index contributed by atoms with van der Waals surface area (Å²) in [6, 6.07) is 20.2. The zero-order valence-electron chi connectivity index (χ0n) is 19.3. The minimum atomic E-state index is -0.461. The summed E-state index contributed by atoms with van der Waals surface area (Å²) in [5.74, 6) is 6.26. The number of rotatable bonds is 15. The molecule has 0 aliphatic carbocycles. The molecule has 3 atom stereocenters. The monoisotopic (exact) mass is 434 g/mol. The quantitative estimate of drug-likeness (QED) is 0.204. The second kappa shape index (κ2) is 14.9. The summed E-state index contributed by atoms with van der Waals surface area (Å²) in [5, 5.41) is 10.6. The second-order valence-corrected chi connectivity index (χ2v) is 8.83. The van der Waals surface area contributed by atoms with E-state index >= 15 is 0 Å². The molecule has 1 aliphatic heterocycles. The van der Waals surface area contributed by atoms with E-state index in [0.29, 0.717) is 25.6 Å². The number of benzene rings is 2. The Bertz CT molecular complexity index is 789. The first kappa shape index (κ1) is 24.5. The van der Waals surface area contributed by atoms with Gasteiger partial charge in [-0.1, -0.05) is 98.9 Å². The Kier molecular flexibility index (Phi) is 11.4. The third-order valence-electron chi connectivity index (χ3n) is 5.91. The van der Waals surface area contributed by atoms with Crippen molar-refractivity contribution in [3.63, 3.8) is 0 Å². The summed E-state index contributed by atoms with van der Waals surface area (Å²) in [6.45, 7) is 1.57. The normalized spacial score (nSPS) is 16.7. The molecule has 0 aromatic heterocycles. The molecule has 0 saturated carbocycles. The zero-order chi connectivity index (χ0) is 22.3. The fourth-order valence-corrected chi connectivity index (χ4v) is 3.92. The van der Waals surface area contributed by atoms with E-state index in [1.807, 2.05) is 48.5 Å². The van der Waals surface area contributed by atoms with E-state index in [1.54, 1.807) is 0 Å². The summed E-state index contributed by atoms with van der Waals surface area (Å²) in [5.41, 5.74) is 2.16. The van der Waals surface area contributed by atoms with Crippen molar-refractivity contribution in [2.45, 2.75) is 89.1 Å². The van der Waals surface area contributed by atoms with Crippen molar-refractivity contribution < 1.29 is 14.6 Å². The highest BCUT2D eigenvalue weighted by Gasteiger charge is 2.20. The average Bonchev–Trinajstić information content (AvgIpc) is 3.65. The number of hydrogen-bond donors (Lipinski definition) is 1. The number of hydrogen-bond acceptors (Lipinski definition) is 3. The third kappa shape index (κ3) is 11.0. The Balaban J connectivity index is 1.37. The van der Waals surface area contributed by atoms with E-state index in [9.17, 15) is 5.11 Å². The van der Waals surface area contributed by atoms with Crippen molar-refractivity contribution in [1.82, 2.24) is 0 Å². The van der Waals surface area contributed by atoms with Crippen molar-refractivity contribution >= 4 is 0 Å². The van der Waals surface area contributed by atoms with Crippen molar-refractivity contribution in [2.24, 2.45) is 0 Å². The molecule has 1 aliphatic rings. The van der Waals surface area contributed by atoms with E-state index in [1.165, 1.54) is 44.1 Å². The maximum atomic E-state index is 10.6. The fraction of sp³-hybridized carbons (Fsp3) is 0.517. The van der Waals surface area contributed by atoms with Crippen LogP contribution in [0.5, 0.6) is 0 Å². The van der Waals surface area contributed by atoms with Gasteiger partial charge in [0.15, 0.2) is 0 Å². The first-order valence-electron chi connectivity index (χ1n) is 12.3. The summed E-state index contributed by atoms with van der Waals surface area (Å²) < 4.78 is 11.5. The zero-order valence-corrected chi connectivity index (χ0v) is 19.3. The molecule has 1 N–H and O–H groups in total. The highest BCUT2D eigenvalue weighted by molar-refractivity contribution is 5.33. The maximum Gasteiger partial charge on any atom is 0.0810 e. The predicted octanol–water partition coefficient (Wildman–Crippen LogP) is 6.28. The molecule has 0 radical (unpaired) electrons. The van der Waals surface area contributed by atoms with Crippen LogP contribution in [0, 0.1) is 11.8 Å². The summed E-state index contributed by atoms with van der Waals surface area (Å²) in [7, 11) is 0.